The summed E-state index contributed by atoms with van der Waals surface area (Å²) in [4.78, 5) is 21.3. The first-order valence-corrected chi connectivity index (χ1v) is 11.1. The first-order chi connectivity index (χ1) is 14.7. The van der Waals surface area contributed by atoms with Crippen LogP contribution in [0, 0.1) is 5.92 Å². The van der Waals surface area contributed by atoms with Crippen molar-refractivity contribution < 1.29 is 4.79 Å². The summed E-state index contributed by atoms with van der Waals surface area (Å²) in [6.07, 6.45) is 6.15. The zero-order valence-electron chi connectivity index (χ0n) is 17.4. The van der Waals surface area contributed by atoms with Crippen LogP contribution in [0.2, 0.25) is 0 Å². The van der Waals surface area contributed by atoms with Crippen molar-refractivity contribution in [3.63, 3.8) is 0 Å². The van der Waals surface area contributed by atoms with E-state index >= 15 is 0 Å². The Morgan fingerprint density at radius 2 is 1.87 bits per heavy atom. The van der Waals surface area contributed by atoms with E-state index in [4.69, 9.17) is 5.73 Å². The third kappa shape index (κ3) is 3.75. The van der Waals surface area contributed by atoms with E-state index in [9.17, 15) is 4.79 Å². The topological polar surface area (TPSA) is 65.4 Å². The van der Waals surface area contributed by atoms with Gasteiger partial charge in [0.15, 0.2) is 0 Å². The van der Waals surface area contributed by atoms with Crippen LogP contribution in [0.4, 0.5) is 5.69 Å². The molecular weight excluding hydrogens is 372 g/mol. The van der Waals surface area contributed by atoms with Gasteiger partial charge in [-0.2, -0.15) is 0 Å². The van der Waals surface area contributed by atoms with Crippen LogP contribution in [0.5, 0.6) is 0 Å². The highest BCUT2D eigenvalue weighted by atomic mass is 16.2. The maximum absolute atomic E-state index is 13.5. The zero-order valence-corrected chi connectivity index (χ0v) is 17.4. The van der Waals surface area contributed by atoms with Gasteiger partial charge in [-0.15, -0.1) is 0 Å². The SMILES string of the molecule is N[C@H](Cc1c[nH]c2ccccc12)C(=O)N1C[C@H](CN2CCCC2)Cc2ccccc21. The Hall–Kier alpha value is -2.63. The Balaban J connectivity index is 1.36. The predicted octanol–water partition coefficient (Wildman–Crippen LogP) is 3.34. The molecule has 156 valence electrons. The molecule has 0 radical (unpaired) electrons. The van der Waals surface area contributed by atoms with E-state index in [0.717, 1.165) is 41.7 Å². The third-order valence-corrected chi connectivity index (χ3v) is 6.64. The molecule has 0 unspecified atom stereocenters. The summed E-state index contributed by atoms with van der Waals surface area (Å²) in [7, 11) is 0. The molecule has 3 N–H and O–H groups in total. The number of benzene rings is 2. The molecule has 5 nitrogen and oxygen atoms in total. The maximum atomic E-state index is 13.5. The number of amides is 1. The number of nitrogens with zero attached hydrogens (tertiary/aromatic N) is 2. The molecule has 5 rings (SSSR count). The molecule has 1 fully saturated rings. The lowest BCUT2D eigenvalue weighted by Gasteiger charge is -2.37. The number of likely N-dealkylation sites (tertiary alicyclic amines) is 1. The van der Waals surface area contributed by atoms with Gasteiger partial charge in [0, 0.05) is 35.9 Å². The summed E-state index contributed by atoms with van der Waals surface area (Å²) in [5, 5.41) is 1.15. The number of H-pyrrole nitrogens is 1. The molecule has 30 heavy (non-hydrogen) atoms. The molecule has 0 spiro atoms. The van der Waals surface area contributed by atoms with Crippen LogP contribution in [0.1, 0.15) is 24.0 Å². The number of fused-ring (bicyclic) bond motifs is 2. The van der Waals surface area contributed by atoms with Crippen LogP contribution in [0.3, 0.4) is 0 Å². The van der Waals surface area contributed by atoms with Gasteiger partial charge in [-0.1, -0.05) is 36.4 Å². The average Bonchev–Trinajstić information content (AvgIpc) is 3.43. The number of carbonyl (C=O) groups is 1. The second-order valence-corrected chi connectivity index (χ2v) is 8.83. The Labute approximate surface area is 177 Å². The van der Waals surface area contributed by atoms with E-state index < -0.39 is 6.04 Å². The Bertz CT molecular complexity index is 1040. The van der Waals surface area contributed by atoms with Crippen molar-refractivity contribution in [2.24, 2.45) is 11.7 Å². The second kappa shape index (κ2) is 8.25. The summed E-state index contributed by atoms with van der Waals surface area (Å²) >= 11 is 0. The van der Waals surface area contributed by atoms with E-state index in [-0.39, 0.29) is 5.91 Å². The van der Waals surface area contributed by atoms with Crippen molar-refractivity contribution in [2.45, 2.75) is 31.7 Å². The van der Waals surface area contributed by atoms with Crippen LogP contribution in [-0.2, 0) is 17.6 Å². The van der Waals surface area contributed by atoms with Crippen LogP contribution in [0.15, 0.2) is 54.7 Å². The number of aromatic amines is 1. The zero-order chi connectivity index (χ0) is 20.5. The summed E-state index contributed by atoms with van der Waals surface area (Å²) in [5.74, 6) is 0.487. The van der Waals surface area contributed by atoms with E-state index in [0.29, 0.717) is 12.3 Å². The molecule has 2 aliphatic rings. The van der Waals surface area contributed by atoms with Gasteiger partial charge in [0.25, 0.3) is 0 Å². The predicted molar refractivity (Wildman–Crippen MR) is 122 cm³/mol. The molecule has 0 saturated carbocycles. The van der Waals surface area contributed by atoms with Gasteiger partial charge in [-0.25, -0.2) is 0 Å². The normalized spacial score (nSPS) is 20.4. The summed E-state index contributed by atoms with van der Waals surface area (Å²) in [5.41, 5.74) is 11.0. The lowest BCUT2D eigenvalue weighted by Crippen LogP contribution is -2.50. The van der Waals surface area contributed by atoms with Gasteiger partial charge in [0.1, 0.15) is 0 Å². The lowest BCUT2D eigenvalue weighted by atomic mass is 9.91. The average molecular weight is 403 g/mol. The number of hydrogen-bond donors (Lipinski definition) is 2. The van der Waals surface area contributed by atoms with Crippen molar-refractivity contribution in [2.75, 3.05) is 31.1 Å². The van der Waals surface area contributed by atoms with Gasteiger partial charge in [-0.3, -0.25) is 4.79 Å². The van der Waals surface area contributed by atoms with E-state index in [1.165, 1.54) is 31.5 Å². The van der Waals surface area contributed by atoms with Gasteiger partial charge >= 0.3 is 0 Å². The summed E-state index contributed by atoms with van der Waals surface area (Å²) < 4.78 is 0. The Morgan fingerprint density at radius 3 is 2.73 bits per heavy atom. The van der Waals surface area contributed by atoms with Gasteiger partial charge in [-0.05, 0) is 68.0 Å². The number of hydrogen-bond acceptors (Lipinski definition) is 3. The largest absolute Gasteiger partial charge is 0.361 e. The quantitative estimate of drug-likeness (QED) is 0.688. The van der Waals surface area contributed by atoms with Gasteiger partial charge in [0.2, 0.25) is 5.91 Å². The van der Waals surface area contributed by atoms with Crippen LogP contribution >= 0.6 is 0 Å². The minimum atomic E-state index is -0.553. The molecule has 1 saturated heterocycles. The minimum Gasteiger partial charge on any atom is -0.361 e. The fourth-order valence-corrected chi connectivity index (χ4v) is 5.17. The van der Waals surface area contributed by atoms with Crippen LogP contribution in [0.25, 0.3) is 10.9 Å². The highest BCUT2D eigenvalue weighted by Crippen LogP contribution is 2.31. The van der Waals surface area contributed by atoms with E-state index in [2.05, 4.69) is 40.2 Å². The molecule has 3 aromatic rings. The first kappa shape index (κ1) is 19.3. The molecule has 1 amide bonds. The molecule has 3 heterocycles. The number of para-hydroxylation sites is 2. The highest BCUT2D eigenvalue weighted by Gasteiger charge is 2.32. The minimum absolute atomic E-state index is 0.0267. The Morgan fingerprint density at radius 1 is 1.10 bits per heavy atom. The summed E-state index contributed by atoms with van der Waals surface area (Å²) in [6.45, 7) is 4.20. The number of anilines is 1. The van der Waals surface area contributed by atoms with Gasteiger partial charge < -0.3 is 20.5 Å². The molecule has 2 aromatic carbocycles. The smallest absolute Gasteiger partial charge is 0.244 e. The van der Waals surface area contributed by atoms with Crippen LogP contribution < -0.4 is 10.6 Å². The standard InChI is InChI=1S/C25H30N4O/c26-22(14-20-15-27-23-9-3-2-8-21(20)23)25(30)29-17-18(16-28-11-5-6-12-28)13-19-7-1-4-10-24(19)29/h1-4,7-10,15,18,22,27H,5-6,11-14,16-17,26H2/t18-,22+/m0/s1. The first-order valence-electron chi connectivity index (χ1n) is 11.1. The van der Waals surface area contributed by atoms with Crippen molar-refractivity contribution in [1.29, 1.82) is 0 Å². The monoisotopic (exact) mass is 402 g/mol. The molecule has 2 aliphatic heterocycles. The van der Waals surface area contributed by atoms with Gasteiger partial charge in [0.05, 0.1) is 6.04 Å². The second-order valence-electron chi connectivity index (χ2n) is 8.83. The molecule has 5 heteroatoms. The molecule has 0 bridgehead atoms. The number of nitrogens with two attached hydrogens (primary N) is 1. The number of nitrogens with one attached hydrogen (secondary N) is 1. The maximum Gasteiger partial charge on any atom is 0.244 e. The Kier molecular flexibility index (Phi) is 5.32. The fourth-order valence-electron chi connectivity index (χ4n) is 5.17. The number of rotatable bonds is 5. The van der Waals surface area contributed by atoms with Crippen molar-refractivity contribution >= 4 is 22.5 Å². The molecule has 1 aromatic heterocycles. The number of carbonyl (C=O) groups excluding carboxylic acids is 1. The van der Waals surface area contributed by atoms with E-state index in [1.54, 1.807) is 0 Å². The van der Waals surface area contributed by atoms with E-state index in [1.807, 2.05) is 29.3 Å². The number of aromatic nitrogens is 1. The fraction of sp³-hybridized carbons (Fsp3) is 0.400. The van der Waals surface area contributed by atoms with Crippen molar-refractivity contribution in [3.8, 4) is 0 Å². The van der Waals surface area contributed by atoms with Crippen molar-refractivity contribution in [3.05, 3.63) is 65.9 Å². The molecule has 0 aliphatic carbocycles. The third-order valence-electron chi connectivity index (χ3n) is 6.64. The summed E-state index contributed by atoms with van der Waals surface area (Å²) in [6, 6.07) is 15.9. The van der Waals surface area contributed by atoms with Crippen LogP contribution in [-0.4, -0.2) is 48.0 Å². The molecule has 2 atom stereocenters. The lowest BCUT2D eigenvalue weighted by molar-refractivity contribution is -0.120. The van der Waals surface area contributed by atoms with Crippen molar-refractivity contribution in [1.82, 2.24) is 9.88 Å². The molecular formula is C25H30N4O. The highest BCUT2D eigenvalue weighted by molar-refractivity contribution is 5.98.